The molecule has 0 atom stereocenters. The van der Waals surface area contributed by atoms with Crippen LogP contribution in [0.25, 0.3) is 5.57 Å². The molecule has 0 heterocycles. The lowest BCUT2D eigenvalue weighted by molar-refractivity contribution is 0.623. The van der Waals surface area contributed by atoms with Crippen molar-refractivity contribution in [1.29, 1.82) is 5.26 Å². The van der Waals surface area contributed by atoms with Crippen LogP contribution in [-0.4, -0.2) is 19.5 Å². The second-order valence-corrected chi connectivity index (χ2v) is 4.47. The van der Waals surface area contributed by atoms with Crippen LogP contribution in [0, 0.1) is 17.1 Å². The summed E-state index contributed by atoms with van der Waals surface area (Å²) < 4.78 is 13.5. The minimum absolute atomic E-state index is 0.0239. The lowest BCUT2D eigenvalue weighted by Crippen LogP contribution is -1.88. The van der Waals surface area contributed by atoms with Gasteiger partial charge in [0.1, 0.15) is 11.9 Å². The Bertz CT molecular complexity index is 769. The number of benzene rings is 2. The van der Waals surface area contributed by atoms with Crippen LogP contribution in [-0.2, 0) is 0 Å². The van der Waals surface area contributed by atoms with Crippen molar-refractivity contribution in [3.05, 3.63) is 77.2 Å². The smallest absolute Gasteiger partial charge is 0.141 e. The third-order valence-corrected chi connectivity index (χ3v) is 2.93. The number of halogens is 1. The van der Waals surface area contributed by atoms with Crippen LogP contribution in [0.15, 0.2) is 64.7 Å². The summed E-state index contributed by atoms with van der Waals surface area (Å²) in [7, 11) is 1.69. The van der Waals surface area contributed by atoms with Gasteiger partial charge in [-0.25, -0.2) is 4.39 Å². The molecule has 3 nitrogen and oxygen atoms in total. The minimum Gasteiger partial charge on any atom is -0.296 e. The van der Waals surface area contributed by atoms with Crippen molar-refractivity contribution in [3.63, 3.8) is 0 Å². The van der Waals surface area contributed by atoms with Gasteiger partial charge in [0, 0.05) is 31.2 Å². The molecule has 2 aromatic rings. The highest BCUT2D eigenvalue weighted by atomic mass is 19.1. The number of hydrogen-bond acceptors (Lipinski definition) is 3. The average molecular weight is 291 g/mol. The zero-order valence-corrected chi connectivity index (χ0v) is 12.1. The van der Waals surface area contributed by atoms with Crippen LogP contribution in [0.5, 0.6) is 0 Å². The molecule has 22 heavy (non-hydrogen) atoms. The van der Waals surface area contributed by atoms with Gasteiger partial charge < -0.3 is 0 Å². The maximum absolute atomic E-state index is 13.5. The van der Waals surface area contributed by atoms with E-state index in [1.807, 2.05) is 30.3 Å². The van der Waals surface area contributed by atoms with Crippen molar-refractivity contribution in [3.8, 4) is 6.07 Å². The van der Waals surface area contributed by atoms with E-state index in [4.69, 9.17) is 5.26 Å². The van der Waals surface area contributed by atoms with Crippen molar-refractivity contribution in [2.24, 2.45) is 9.98 Å². The van der Waals surface area contributed by atoms with Gasteiger partial charge >= 0.3 is 0 Å². The van der Waals surface area contributed by atoms with Gasteiger partial charge in [0.25, 0.3) is 0 Å². The molecule has 0 aliphatic rings. The fraction of sp³-hybridized carbons (Fsp3) is 0.0556. The molecule has 0 aromatic heterocycles. The Labute approximate surface area is 128 Å². The van der Waals surface area contributed by atoms with E-state index < -0.39 is 5.82 Å². The molecule has 4 heteroatoms. The Morgan fingerprint density at radius 1 is 1.18 bits per heavy atom. The predicted octanol–water partition coefficient (Wildman–Crippen LogP) is 3.86. The van der Waals surface area contributed by atoms with E-state index in [9.17, 15) is 4.39 Å². The monoisotopic (exact) mass is 291 g/mol. The third-order valence-electron chi connectivity index (χ3n) is 2.93. The van der Waals surface area contributed by atoms with E-state index in [2.05, 4.69) is 9.98 Å². The molecule has 0 spiro atoms. The number of allylic oxidation sites excluding steroid dienone is 1. The second kappa shape index (κ2) is 7.65. The molecule has 0 N–H and O–H groups in total. The molecule has 0 aliphatic heterocycles. The molecule has 0 aliphatic carbocycles. The number of nitriles is 1. The molecule has 0 radical (unpaired) electrons. The van der Waals surface area contributed by atoms with Crippen molar-refractivity contribution < 1.29 is 4.39 Å². The first kappa shape index (κ1) is 15.3. The number of hydrogen-bond donors (Lipinski definition) is 0. The average Bonchev–Trinajstić information content (AvgIpc) is 2.55. The summed E-state index contributed by atoms with van der Waals surface area (Å²) in [6.07, 6.45) is 4.92. The summed E-state index contributed by atoms with van der Waals surface area (Å²) >= 11 is 0. The van der Waals surface area contributed by atoms with Crippen LogP contribution >= 0.6 is 0 Å². The Morgan fingerprint density at radius 2 is 1.95 bits per heavy atom. The van der Waals surface area contributed by atoms with E-state index in [1.54, 1.807) is 31.6 Å². The Kier molecular flexibility index (Phi) is 5.33. The number of rotatable bonds is 4. The van der Waals surface area contributed by atoms with E-state index in [-0.39, 0.29) is 5.56 Å². The van der Waals surface area contributed by atoms with Gasteiger partial charge in [-0.15, -0.1) is 0 Å². The van der Waals surface area contributed by atoms with Crippen LogP contribution in [0.4, 0.5) is 4.39 Å². The van der Waals surface area contributed by atoms with Crippen molar-refractivity contribution >= 4 is 18.0 Å². The summed E-state index contributed by atoms with van der Waals surface area (Å²) in [5.41, 5.74) is 2.47. The highest BCUT2D eigenvalue weighted by molar-refractivity contribution is 6.09. The fourth-order valence-corrected chi connectivity index (χ4v) is 1.86. The van der Waals surface area contributed by atoms with Crippen LogP contribution < -0.4 is 0 Å². The van der Waals surface area contributed by atoms with Crippen LogP contribution in [0.2, 0.25) is 0 Å². The summed E-state index contributed by atoms with van der Waals surface area (Å²) in [6, 6.07) is 15.9. The van der Waals surface area contributed by atoms with Crippen molar-refractivity contribution in [2.45, 2.75) is 0 Å². The van der Waals surface area contributed by atoms with Gasteiger partial charge in [0.2, 0.25) is 0 Å². The normalized spacial score (nSPS) is 12.0. The first-order valence-corrected chi connectivity index (χ1v) is 6.65. The molecule has 2 aromatic carbocycles. The van der Waals surface area contributed by atoms with Crippen molar-refractivity contribution in [2.75, 3.05) is 7.05 Å². The van der Waals surface area contributed by atoms with Crippen molar-refractivity contribution in [1.82, 2.24) is 0 Å². The lowest BCUT2D eigenvalue weighted by Gasteiger charge is -1.99. The first-order valence-electron chi connectivity index (χ1n) is 6.65. The van der Waals surface area contributed by atoms with Gasteiger partial charge in [-0.2, -0.15) is 5.26 Å². The van der Waals surface area contributed by atoms with Crippen LogP contribution in [0.1, 0.15) is 16.7 Å². The number of aliphatic imine (C=N–C) groups is 2. The topological polar surface area (TPSA) is 48.5 Å². The van der Waals surface area contributed by atoms with E-state index in [0.29, 0.717) is 5.56 Å². The molecule has 108 valence electrons. The summed E-state index contributed by atoms with van der Waals surface area (Å²) in [4.78, 5) is 8.22. The summed E-state index contributed by atoms with van der Waals surface area (Å²) in [6.45, 7) is 0. The van der Waals surface area contributed by atoms with Gasteiger partial charge in [-0.1, -0.05) is 36.4 Å². The summed E-state index contributed by atoms with van der Waals surface area (Å²) in [5.74, 6) is -0.547. The Hall–Kier alpha value is -3.06. The number of nitrogens with zero attached hydrogens (tertiary/aromatic N) is 3. The van der Waals surface area contributed by atoms with Gasteiger partial charge in [0.15, 0.2) is 0 Å². The van der Waals surface area contributed by atoms with Crippen LogP contribution in [0.3, 0.4) is 0 Å². The lowest BCUT2D eigenvalue weighted by atomic mass is 10.1. The molecule has 0 fully saturated rings. The molecule has 0 saturated heterocycles. The summed E-state index contributed by atoms with van der Waals surface area (Å²) in [5, 5.41) is 8.70. The van der Waals surface area contributed by atoms with Gasteiger partial charge in [-0.05, 0) is 23.3 Å². The highest BCUT2D eigenvalue weighted by Crippen LogP contribution is 2.12. The van der Waals surface area contributed by atoms with Gasteiger partial charge in [-0.3, -0.25) is 9.98 Å². The first-order chi connectivity index (χ1) is 10.7. The molecule has 0 amide bonds. The van der Waals surface area contributed by atoms with Gasteiger partial charge in [0.05, 0.1) is 5.56 Å². The Balaban J connectivity index is 2.24. The minimum atomic E-state index is -0.547. The standard InChI is InChI=1S/C18H14FN3/c1-21-12-17(15-5-3-2-4-6-15)13-22-11-14-7-8-16(10-20)18(19)9-14/h2-9,11-13H,1H3/b17-13+,21-12?,22-11?. The highest BCUT2D eigenvalue weighted by Gasteiger charge is 2.01. The zero-order chi connectivity index (χ0) is 15.8. The molecular formula is C18H14FN3. The second-order valence-electron chi connectivity index (χ2n) is 4.47. The fourth-order valence-electron chi connectivity index (χ4n) is 1.86. The largest absolute Gasteiger partial charge is 0.296 e. The molecule has 0 bridgehead atoms. The molecule has 2 rings (SSSR count). The van der Waals surface area contributed by atoms with E-state index in [0.717, 1.165) is 11.1 Å². The van der Waals surface area contributed by atoms with E-state index >= 15 is 0 Å². The van der Waals surface area contributed by atoms with E-state index in [1.165, 1.54) is 18.3 Å². The molecule has 0 saturated carbocycles. The molecule has 0 unspecified atom stereocenters. The maximum Gasteiger partial charge on any atom is 0.141 e. The Morgan fingerprint density at radius 3 is 2.59 bits per heavy atom. The quantitative estimate of drug-likeness (QED) is 0.789. The third kappa shape index (κ3) is 3.97. The maximum atomic E-state index is 13.5. The predicted molar refractivity (Wildman–Crippen MR) is 87.5 cm³/mol. The zero-order valence-electron chi connectivity index (χ0n) is 12.1. The SMILES string of the molecule is CN=C/C(=C\N=Cc1ccc(C#N)c(F)c1)c1ccccc1. The molecular weight excluding hydrogens is 277 g/mol.